The van der Waals surface area contributed by atoms with E-state index in [9.17, 15) is 40.3 Å². The van der Waals surface area contributed by atoms with Crippen molar-refractivity contribution in [1.29, 1.82) is 0 Å². The minimum Gasteiger partial charge on any atom is -0.412 e. The van der Waals surface area contributed by atoms with Crippen LogP contribution in [0.1, 0.15) is 26.2 Å². The third kappa shape index (κ3) is 6.97. The second-order valence-electron chi connectivity index (χ2n) is 6.74. The lowest BCUT2D eigenvalue weighted by atomic mass is 10.1. The molecule has 0 bridgehead atoms. The van der Waals surface area contributed by atoms with Crippen molar-refractivity contribution in [3.8, 4) is 0 Å². The number of alkyl halides is 7. The Morgan fingerprint density at radius 1 is 1.06 bits per heavy atom. The van der Waals surface area contributed by atoms with E-state index >= 15 is 0 Å². The Morgan fingerprint density at radius 3 is 2.06 bits per heavy atom. The van der Waals surface area contributed by atoms with Crippen molar-refractivity contribution in [2.75, 3.05) is 32.9 Å². The van der Waals surface area contributed by atoms with Gasteiger partial charge < -0.3 is 19.1 Å². The van der Waals surface area contributed by atoms with Crippen molar-refractivity contribution in [3.05, 3.63) is 12.2 Å². The van der Waals surface area contributed by atoms with Gasteiger partial charge in [-0.25, -0.2) is 4.79 Å². The molecular weight excluding hydrogens is 463 g/mol. The summed E-state index contributed by atoms with van der Waals surface area (Å²) in [6, 6.07) is 0. The zero-order valence-electron chi connectivity index (χ0n) is 16.4. The van der Waals surface area contributed by atoms with Crippen LogP contribution in [0.4, 0.5) is 30.7 Å². The fourth-order valence-electron chi connectivity index (χ4n) is 2.40. The number of hydrogen-bond acceptors (Lipinski definition) is 6. The number of unbranched alkanes of at least 4 members (excludes halogenated alkanes) is 1. The summed E-state index contributed by atoms with van der Waals surface area (Å²) in [5.74, 6) is -11.9. The smallest absolute Gasteiger partial charge is 0.412 e. The van der Waals surface area contributed by atoms with E-state index in [1.807, 2.05) is 0 Å². The number of hydrogen-bond donors (Lipinski definition) is 1. The van der Waals surface area contributed by atoms with Crippen LogP contribution in [0.25, 0.3) is 0 Å². The molecule has 0 N–H and O–H groups in total. The summed E-state index contributed by atoms with van der Waals surface area (Å²) in [7, 11) is 0. The summed E-state index contributed by atoms with van der Waals surface area (Å²) >= 11 is 2.50. The average Bonchev–Trinajstić information content (AvgIpc) is 2.64. The lowest BCUT2D eigenvalue weighted by molar-refractivity contribution is -0.351. The number of carbonyl (C=O) groups is 2. The van der Waals surface area contributed by atoms with E-state index in [2.05, 4.69) is 28.7 Å². The van der Waals surface area contributed by atoms with Gasteiger partial charge in [-0.1, -0.05) is 19.2 Å². The molecule has 1 rings (SSSR count). The Labute approximate surface area is 179 Å². The minimum absolute atomic E-state index is 0.0683. The van der Waals surface area contributed by atoms with E-state index in [1.54, 1.807) is 0 Å². The Kier molecular flexibility index (Phi) is 9.21. The fraction of sp³-hybridized carbons (Fsp3) is 0.765. The molecule has 1 saturated heterocycles. The van der Waals surface area contributed by atoms with Crippen molar-refractivity contribution in [1.82, 2.24) is 4.90 Å². The summed E-state index contributed by atoms with van der Waals surface area (Å²) in [6.45, 7) is 2.58. The maximum atomic E-state index is 13.9. The number of ether oxygens (including phenoxy) is 3. The molecule has 1 atom stereocenters. The first kappa shape index (κ1) is 27.5. The highest BCUT2D eigenvalue weighted by molar-refractivity contribution is 7.81. The molecule has 1 fully saturated rings. The van der Waals surface area contributed by atoms with E-state index in [0.29, 0.717) is 0 Å². The summed E-state index contributed by atoms with van der Waals surface area (Å²) in [4.78, 5) is 25.2. The molecule has 0 spiro atoms. The van der Waals surface area contributed by atoms with Crippen LogP contribution >= 0.6 is 12.6 Å². The average molecular weight is 485 g/mol. The van der Waals surface area contributed by atoms with E-state index < -0.39 is 66.5 Å². The normalized spacial score (nSPS) is 17.8. The molecule has 0 saturated carbocycles. The third-order valence-electron chi connectivity index (χ3n) is 4.17. The highest BCUT2D eigenvalue weighted by Gasteiger charge is 2.67. The highest BCUT2D eigenvalue weighted by Crippen LogP contribution is 2.41. The highest BCUT2D eigenvalue weighted by atomic mass is 32.1. The van der Waals surface area contributed by atoms with Gasteiger partial charge in [-0.2, -0.15) is 30.7 Å². The Bertz CT molecular complexity index is 662. The van der Waals surface area contributed by atoms with Gasteiger partial charge in [0.2, 0.25) is 0 Å². The van der Waals surface area contributed by atoms with Crippen LogP contribution in [0.2, 0.25) is 0 Å². The number of esters is 1. The summed E-state index contributed by atoms with van der Waals surface area (Å²) in [6.07, 6.45) is -8.19. The van der Waals surface area contributed by atoms with Gasteiger partial charge in [0.15, 0.2) is 0 Å². The van der Waals surface area contributed by atoms with Gasteiger partial charge >= 0.3 is 35.0 Å². The largest absolute Gasteiger partial charge is 0.466 e. The first-order valence-electron chi connectivity index (χ1n) is 9.00. The van der Waals surface area contributed by atoms with E-state index in [4.69, 9.17) is 4.74 Å². The molecule has 1 aliphatic heterocycles. The molecular formula is C17H22F7NO5S. The van der Waals surface area contributed by atoms with Crippen LogP contribution < -0.4 is 0 Å². The monoisotopic (exact) mass is 485 g/mol. The standard InChI is InChI=1S/C17H22F7NO5S/c1-11(2)12(26)30-15(16(20,21)22,13(27)25-6-9-28-10-7-25)29-8-4-3-5-14(18,19)17(23,24)31/h31H,1,3-10H2,2H3. The number of thiol groups is 1. The van der Waals surface area contributed by atoms with Gasteiger partial charge in [-0.05, 0) is 19.8 Å². The van der Waals surface area contributed by atoms with Crippen LogP contribution in [0.3, 0.4) is 0 Å². The first-order chi connectivity index (χ1) is 14.1. The molecule has 0 aliphatic carbocycles. The molecule has 31 heavy (non-hydrogen) atoms. The maximum absolute atomic E-state index is 13.9. The first-order valence-corrected chi connectivity index (χ1v) is 9.44. The molecule has 0 aromatic rings. The third-order valence-corrected chi connectivity index (χ3v) is 4.50. The number of nitrogens with zero attached hydrogens (tertiary/aromatic N) is 1. The van der Waals surface area contributed by atoms with Crippen molar-refractivity contribution in [3.63, 3.8) is 0 Å². The van der Waals surface area contributed by atoms with Crippen LogP contribution in [0, 0.1) is 0 Å². The lowest BCUT2D eigenvalue weighted by Crippen LogP contribution is -2.63. The fourth-order valence-corrected chi connectivity index (χ4v) is 2.52. The van der Waals surface area contributed by atoms with Crippen LogP contribution in [-0.4, -0.2) is 72.8 Å². The number of morpholine rings is 1. The zero-order chi connectivity index (χ0) is 24.1. The van der Waals surface area contributed by atoms with Crippen LogP contribution in [0.15, 0.2) is 12.2 Å². The minimum atomic E-state index is -5.55. The molecule has 1 amide bonds. The van der Waals surface area contributed by atoms with Gasteiger partial charge in [0.05, 0.1) is 19.8 Å². The van der Waals surface area contributed by atoms with Gasteiger partial charge in [-0.3, -0.25) is 4.79 Å². The van der Waals surface area contributed by atoms with E-state index in [0.717, 1.165) is 11.8 Å². The summed E-state index contributed by atoms with van der Waals surface area (Å²) in [5, 5.41) is -4.62. The Hall–Kier alpha value is -1.54. The van der Waals surface area contributed by atoms with E-state index in [1.165, 1.54) is 0 Å². The van der Waals surface area contributed by atoms with Crippen molar-refractivity contribution < 1.29 is 54.5 Å². The zero-order valence-corrected chi connectivity index (χ0v) is 17.3. The molecule has 14 heteroatoms. The molecule has 0 aromatic carbocycles. The van der Waals surface area contributed by atoms with Crippen molar-refractivity contribution in [2.45, 2.75) is 49.3 Å². The molecule has 6 nitrogen and oxygen atoms in total. The summed E-state index contributed by atoms with van der Waals surface area (Å²) in [5.41, 5.74) is -0.456. The molecule has 180 valence electrons. The topological polar surface area (TPSA) is 65.1 Å². The Balaban J connectivity index is 3.01. The molecule has 1 heterocycles. The van der Waals surface area contributed by atoms with Crippen molar-refractivity contribution in [2.24, 2.45) is 0 Å². The molecule has 0 aromatic heterocycles. The van der Waals surface area contributed by atoms with Gasteiger partial charge in [0.1, 0.15) is 0 Å². The van der Waals surface area contributed by atoms with Crippen LogP contribution in [-0.2, 0) is 23.8 Å². The second kappa shape index (κ2) is 10.4. The number of halogens is 7. The quantitative estimate of drug-likeness (QED) is 0.128. The van der Waals surface area contributed by atoms with Gasteiger partial charge in [0, 0.05) is 25.1 Å². The lowest BCUT2D eigenvalue weighted by Gasteiger charge is -2.38. The number of carbonyl (C=O) groups excluding carboxylic acids is 2. The molecule has 0 radical (unpaired) electrons. The van der Waals surface area contributed by atoms with Crippen LogP contribution in [0.5, 0.6) is 0 Å². The van der Waals surface area contributed by atoms with Crippen molar-refractivity contribution >= 4 is 24.5 Å². The summed E-state index contributed by atoms with van der Waals surface area (Å²) < 4.78 is 108. The number of amides is 1. The molecule has 1 aliphatic rings. The van der Waals surface area contributed by atoms with Gasteiger partial charge in [0.25, 0.3) is 0 Å². The second-order valence-corrected chi connectivity index (χ2v) is 7.30. The van der Waals surface area contributed by atoms with Gasteiger partial charge in [-0.15, -0.1) is 0 Å². The predicted molar refractivity (Wildman–Crippen MR) is 95.8 cm³/mol. The number of rotatable bonds is 10. The molecule has 1 unspecified atom stereocenters. The maximum Gasteiger partial charge on any atom is 0.466 e. The van der Waals surface area contributed by atoms with E-state index in [-0.39, 0.29) is 26.3 Å². The SMILES string of the molecule is C=C(C)C(=O)OC(OCCCCC(F)(F)C(F)(F)S)(C(=O)N1CCOCC1)C(F)(F)F. The predicted octanol–water partition coefficient (Wildman–Crippen LogP) is 3.57. The Morgan fingerprint density at radius 2 is 1.61 bits per heavy atom.